The number of carbonyl (C=O) groups is 1. The Morgan fingerprint density at radius 1 is 1.31 bits per heavy atom. The second-order valence-corrected chi connectivity index (χ2v) is 7.35. The van der Waals surface area contributed by atoms with E-state index in [1.165, 1.54) is 17.6 Å². The topological polar surface area (TPSA) is 53.9 Å². The highest BCUT2D eigenvalue weighted by atomic mass is 127. The predicted octanol–water partition coefficient (Wildman–Crippen LogP) is 3.56. The van der Waals surface area contributed by atoms with Gasteiger partial charge in [-0.15, -0.1) is 35.7 Å². The first-order valence-corrected chi connectivity index (χ1v) is 9.93. The van der Waals surface area contributed by atoms with Crippen molar-refractivity contribution in [3.63, 3.8) is 0 Å². The summed E-state index contributed by atoms with van der Waals surface area (Å²) >= 11 is 1.83. The van der Waals surface area contributed by atoms with Gasteiger partial charge >= 0.3 is 5.97 Å². The van der Waals surface area contributed by atoms with Crippen LogP contribution in [0.15, 0.2) is 34.2 Å². The second kappa shape index (κ2) is 12.4. The van der Waals surface area contributed by atoms with E-state index in [1.807, 2.05) is 11.8 Å². The van der Waals surface area contributed by atoms with E-state index in [-0.39, 0.29) is 35.9 Å². The van der Waals surface area contributed by atoms with Gasteiger partial charge in [-0.2, -0.15) is 0 Å². The van der Waals surface area contributed by atoms with Crippen LogP contribution in [0, 0.1) is 12.8 Å². The van der Waals surface area contributed by atoms with E-state index in [0.29, 0.717) is 0 Å². The number of nitrogens with zero attached hydrogens (tertiary/aromatic N) is 2. The molecule has 146 valence electrons. The minimum Gasteiger partial charge on any atom is -0.469 e. The molecule has 2 rings (SSSR count). The normalized spacial score (nSPS) is 15.3. The summed E-state index contributed by atoms with van der Waals surface area (Å²) in [5.41, 5.74) is 1.28. The summed E-state index contributed by atoms with van der Waals surface area (Å²) in [6, 6.07) is 8.60. The lowest BCUT2D eigenvalue weighted by Gasteiger charge is -2.33. The smallest absolute Gasteiger partial charge is 0.308 e. The van der Waals surface area contributed by atoms with Gasteiger partial charge in [0.1, 0.15) is 0 Å². The number of aliphatic imine (C=N–C) groups is 1. The van der Waals surface area contributed by atoms with Crippen LogP contribution in [0.2, 0.25) is 0 Å². The van der Waals surface area contributed by atoms with Gasteiger partial charge in [0.2, 0.25) is 0 Å². The minimum atomic E-state index is -0.0870. The first-order valence-electron chi connectivity index (χ1n) is 8.94. The van der Waals surface area contributed by atoms with E-state index < -0.39 is 0 Å². The Morgan fingerprint density at radius 2 is 1.96 bits per heavy atom. The highest BCUT2D eigenvalue weighted by Crippen LogP contribution is 2.19. The zero-order chi connectivity index (χ0) is 18.1. The van der Waals surface area contributed by atoms with Crippen LogP contribution in [-0.2, 0) is 9.53 Å². The SMILES string of the molecule is CCNC(=NCCSc1ccc(C)cc1)N1CCC(C(=O)OC)CC1.I. The summed E-state index contributed by atoms with van der Waals surface area (Å²) in [7, 11) is 1.46. The summed E-state index contributed by atoms with van der Waals surface area (Å²) in [4.78, 5) is 19.9. The van der Waals surface area contributed by atoms with Crippen LogP contribution in [0.25, 0.3) is 0 Å². The fourth-order valence-corrected chi connectivity index (χ4v) is 3.62. The number of thioether (sulfide) groups is 1. The van der Waals surface area contributed by atoms with Crippen molar-refractivity contribution in [2.75, 3.05) is 39.0 Å². The molecule has 0 amide bonds. The van der Waals surface area contributed by atoms with Gasteiger partial charge in [0.05, 0.1) is 19.6 Å². The number of rotatable bonds is 6. The van der Waals surface area contributed by atoms with E-state index in [9.17, 15) is 4.79 Å². The number of piperidine rings is 1. The third kappa shape index (κ3) is 7.34. The van der Waals surface area contributed by atoms with E-state index in [0.717, 1.165) is 50.7 Å². The molecule has 0 aliphatic carbocycles. The average Bonchev–Trinajstić information content (AvgIpc) is 2.65. The molecule has 0 saturated carbocycles. The molecule has 1 aromatic carbocycles. The first kappa shape index (κ1) is 23.1. The van der Waals surface area contributed by atoms with Crippen LogP contribution in [-0.4, -0.2) is 55.9 Å². The zero-order valence-corrected chi connectivity index (χ0v) is 19.0. The number of ether oxygens (including phenoxy) is 1. The van der Waals surface area contributed by atoms with Gasteiger partial charge in [-0.1, -0.05) is 17.7 Å². The molecule has 1 saturated heterocycles. The second-order valence-electron chi connectivity index (χ2n) is 6.18. The fraction of sp³-hybridized carbons (Fsp3) is 0.579. The largest absolute Gasteiger partial charge is 0.469 e. The number of esters is 1. The summed E-state index contributed by atoms with van der Waals surface area (Å²) in [6.45, 7) is 7.49. The predicted molar refractivity (Wildman–Crippen MR) is 120 cm³/mol. The van der Waals surface area contributed by atoms with Gasteiger partial charge in [-0.25, -0.2) is 0 Å². The van der Waals surface area contributed by atoms with E-state index in [2.05, 4.69) is 48.3 Å². The molecule has 0 aromatic heterocycles. The van der Waals surface area contributed by atoms with Crippen molar-refractivity contribution < 1.29 is 9.53 Å². The number of methoxy groups -OCH3 is 1. The number of guanidine groups is 1. The fourth-order valence-electron chi connectivity index (χ4n) is 2.87. The van der Waals surface area contributed by atoms with Gasteiger partial charge < -0.3 is 15.0 Å². The number of hydrogen-bond donors (Lipinski definition) is 1. The summed E-state index contributed by atoms with van der Waals surface area (Å²) in [5, 5.41) is 3.37. The lowest BCUT2D eigenvalue weighted by atomic mass is 9.97. The summed E-state index contributed by atoms with van der Waals surface area (Å²) in [6.07, 6.45) is 1.66. The highest BCUT2D eigenvalue weighted by molar-refractivity contribution is 14.0. The van der Waals surface area contributed by atoms with Crippen LogP contribution >= 0.6 is 35.7 Å². The van der Waals surface area contributed by atoms with E-state index in [1.54, 1.807) is 0 Å². The van der Waals surface area contributed by atoms with E-state index >= 15 is 0 Å². The van der Waals surface area contributed by atoms with Crippen LogP contribution in [0.1, 0.15) is 25.3 Å². The maximum atomic E-state index is 11.6. The van der Waals surface area contributed by atoms with Crippen LogP contribution < -0.4 is 5.32 Å². The van der Waals surface area contributed by atoms with Crippen molar-refractivity contribution in [2.45, 2.75) is 31.6 Å². The van der Waals surface area contributed by atoms with Crippen LogP contribution in [0.5, 0.6) is 0 Å². The molecule has 1 heterocycles. The zero-order valence-electron chi connectivity index (χ0n) is 15.9. The average molecular weight is 491 g/mol. The molecule has 1 aliphatic rings. The molecule has 1 aliphatic heterocycles. The molecule has 0 atom stereocenters. The summed E-state index contributed by atoms with van der Waals surface area (Å²) < 4.78 is 4.86. The minimum absolute atomic E-state index is 0. The van der Waals surface area contributed by atoms with Crippen molar-refractivity contribution in [3.8, 4) is 0 Å². The molecule has 1 fully saturated rings. The molecule has 0 radical (unpaired) electrons. The number of nitrogens with one attached hydrogen (secondary N) is 1. The number of benzene rings is 1. The van der Waals surface area contributed by atoms with E-state index in [4.69, 9.17) is 9.73 Å². The third-order valence-corrected chi connectivity index (χ3v) is 5.30. The van der Waals surface area contributed by atoms with Gasteiger partial charge in [0.25, 0.3) is 0 Å². The molecular formula is C19H30IN3O2S. The Balaban J connectivity index is 0.00000338. The molecule has 7 heteroatoms. The standard InChI is InChI=1S/C19H29N3O2S.HI/c1-4-20-19(22-12-9-16(10-13-22)18(23)24-3)21-11-14-25-17-7-5-15(2)6-8-17;/h5-8,16H,4,9-14H2,1-3H3,(H,20,21);1H. The van der Waals surface area contributed by atoms with Crippen molar-refractivity contribution in [2.24, 2.45) is 10.9 Å². The van der Waals surface area contributed by atoms with Crippen molar-refractivity contribution >= 4 is 47.7 Å². The summed E-state index contributed by atoms with van der Waals surface area (Å²) in [5.74, 6) is 1.85. The maximum Gasteiger partial charge on any atom is 0.308 e. The van der Waals surface area contributed by atoms with Gasteiger partial charge in [0.15, 0.2) is 5.96 Å². The maximum absolute atomic E-state index is 11.6. The number of halogens is 1. The molecule has 0 bridgehead atoms. The van der Waals surface area contributed by atoms with Crippen molar-refractivity contribution in [1.82, 2.24) is 10.2 Å². The molecule has 1 aromatic rings. The molecule has 5 nitrogen and oxygen atoms in total. The molecule has 0 unspecified atom stereocenters. The first-order chi connectivity index (χ1) is 12.1. The lowest BCUT2D eigenvalue weighted by Crippen LogP contribution is -2.46. The highest BCUT2D eigenvalue weighted by Gasteiger charge is 2.26. The van der Waals surface area contributed by atoms with Crippen LogP contribution in [0.3, 0.4) is 0 Å². The Morgan fingerprint density at radius 3 is 2.54 bits per heavy atom. The Bertz CT molecular complexity index is 573. The number of likely N-dealkylation sites (tertiary alicyclic amines) is 1. The van der Waals surface area contributed by atoms with Crippen LogP contribution in [0.4, 0.5) is 0 Å². The van der Waals surface area contributed by atoms with Gasteiger partial charge in [0, 0.05) is 30.3 Å². The van der Waals surface area contributed by atoms with Gasteiger partial charge in [-0.3, -0.25) is 9.79 Å². The number of carbonyl (C=O) groups excluding carboxylic acids is 1. The lowest BCUT2D eigenvalue weighted by molar-refractivity contribution is -0.146. The quantitative estimate of drug-likeness (QED) is 0.165. The third-order valence-electron chi connectivity index (χ3n) is 4.31. The van der Waals surface area contributed by atoms with Crippen molar-refractivity contribution in [3.05, 3.63) is 29.8 Å². The number of hydrogen-bond acceptors (Lipinski definition) is 4. The van der Waals surface area contributed by atoms with Crippen molar-refractivity contribution in [1.29, 1.82) is 0 Å². The Kier molecular flexibility index (Phi) is 11.0. The number of aryl methyl sites for hydroxylation is 1. The van der Waals surface area contributed by atoms with Gasteiger partial charge in [-0.05, 0) is 38.8 Å². The molecule has 0 spiro atoms. The molecule has 1 N–H and O–H groups in total. The molecule has 26 heavy (non-hydrogen) atoms. The Labute approximate surface area is 178 Å². The molecular weight excluding hydrogens is 461 g/mol. The monoisotopic (exact) mass is 491 g/mol. The Hall–Kier alpha value is -0.960.